The number of ether oxygens (including phenoxy) is 1. The van der Waals surface area contributed by atoms with Crippen LogP contribution in [0.4, 0.5) is 0 Å². The molecule has 244 valence electrons. The van der Waals surface area contributed by atoms with E-state index in [1.54, 1.807) is 13.3 Å². The van der Waals surface area contributed by atoms with Gasteiger partial charge in [0.05, 0.1) is 18.7 Å². The van der Waals surface area contributed by atoms with Gasteiger partial charge in [-0.1, -0.05) is 48.5 Å². The Morgan fingerprint density at radius 2 is 1.70 bits per heavy atom. The first-order valence-electron chi connectivity index (χ1n) is 16.7. The highest BCUT2D eigenvalue weighted by molar-refractivity contribution is 5.86. The minimum absolute atomic E-state index is 0.00347. The van der Waals surface area contributed by atoms with Crippen LogP contribution in [-0.2, 0) is 11.3 Å². The lowest BCUT2D eigenvalue weighted by atomic mass is 10.0. The summed E-state index contributed by atoms with van der Waals surface area (Å²) in [5.41, 5.74) is 3.79. The molecule has 0 spiro atoms. The van der Waals surface area contributed by atoms with Crippen molar-refractivity contribution in [2.75, 3.05) is 52.9 Å². The maximum atomic E-state index is 14.1. The molecule has 0 aliphatic carbocycles. The number of nitrogens with one attached hydrogen (secondary N) is 1. The summed E-state index contributed by atoms with van der Waals surface area (Å²) in [5, 5.41) is 16.5. The zero-order valence-corrected chi connectivity index (χ0v) is 26.9. The number of furan rings is 1. The number of para-hydroxylation sites is 1. The second-order valence-corrected chi connectivity index (χ2v) is 12.8. The molecular formula is C38H43N5O4. The molecule has 7 rings (SSSR count). The van der Waals surface area contributed by atoms with Gasteiger partial charge >= 0.3 is 0 Å². The Morgan fingerprint density at radius 1 is 0.936 bits per heavy atom. The SMILES string of the molecule is COc1ccc2nccc([C@@H](O)CN3CCC(NC(=O)C(c4cc5ccccc5o4)N4CCN(Cc5ccccc5)CC4)CC3)c2c1. The zero-order chi connectivity index (χ0) is 32.2. The van der Waals surface area contributed by atoms with Crippen LogP contribution >= 0.6 is 0 Å². The van der Waals surface area contributed by atoms with Gasteiger partial charge in [0.2, 0.25) is 5.91 Å². The Balaban J connectivity index is 0.988. The number of amides is 1. The van der Waals surface area contributed by atoms with Crippen molar-refractivity contribution < 1.29 is 19.1 Å². The second-order valence-electron chi connectivity index (χ2n) is 12.8. The highest BCUT2D eigenvalue weighted by Crippen LogP contribution is 2.31. The Morgan fingerprint density at radius 3 is 2.47 bits per heavy atom. The minimum Gasteiger partial charge on any atom is -0.497 e. The Hall–Kier alpha value is -4.28. The number of hydrogen-bond donors (Lipinski definition) is 2. The Kier molecular flexibility index (Phi) is 9.49. The van der Waals surface area contributed by atoms with Crippen LogP contribution in [-0.4, -0.2) is 89.7 Å². The molecule has 9 nitrogen and oxygen atoms in total. The number of nitrogens with zero attached hydrogens (tertiary/aromatic N) is 4. The van der Waals surface area contributed by atoms with E-state index in [-0.39, 0.29) is 11.9 Å². The smallest absolute Gasteiger partial charge is 0.245 e. The van der Waals surface area contributed by atoms with Crippen molar-refractivity contribution >= 4 is 27.8 Å². The number of benzene rings is 3. The van der Waals surface area contributed by atoms with E-state index < -0.39 is 12.1 Å². The van der Waals surface area contributed by atoms with Gasteiger partial charge in [-0.3, -0.25) is 19.6 Å². The number of hydrogen-bond acceptors (Lipinski definition) is 8. The average molecular weight is 634 g/mol. The molecule has 3 aromatic carbocycles. The maximum absolute atomic E-state index is 14.1. The van der Waals surface area contributed by atoms with E-state index in [0.717, 1.165) is 91.8 Å². The summed E-state index contributed by atoms with van der Waals surface area (Å²) in [6.07, 6.45) is 2.73. The number of methoxy groups -OCH3 is 1. The number of aliphatic hydroxyl groups is 1. The van der Waals surface area contributed by atoms with E-state index in [9.17, 15) is 9.90 Å². The first-order valence-corrected chi connectivity index (χ1v) is 16.7. The first kappa shape index (κ1) is 31.3. The summed E-state index contributed by atoms with van der Waals surface area (Å²) in [6, 6.07) is 27.7. The molecule has 0 saturated carbocycles. The fourth-order valence-electron chi connectivity index (χ4n) is 7.08. The molecule has 0 bridgehead atoms. The van der Waals surface area contributed by atoms with E-state index in [4.69, 9.17) is 9.15 Å². The number of fused-ring (bicyclic) bond motifs is 2. The highest BCUT2D eigenvalue weighted by Gasteiger charge is 2.35. The lowest BCUT2D eigenvalue weighted by Crippen LogP contribution is -2.53. The third kappa shape index (κ3) is 7.18. The van der Waals surface area contributed by atoms with Crippen LogP contribution in [0.25, 0.3) is 21.9 Å². The van der Waals surface area contributed by atoms with Crippen molar-refractivity contribution in [3.8, 4) is 5.75 Å². The summed E-state index contributed by atoms with van der Waals surface area (Å²) in [7, 11) is 1.64. The van der Waals surface area contributed by atoms with E-state index in [1.165, 1.54) is 5.56 Å². The minimum atomic E-state index is -0.656. The monoisotopic (exact) mass is 633 g/mol. The molecule has 2 fully saturated rings. The predicted octanol–water partition coefficient (Wildman–Crippen LogP) is 5.16. The van der Waals surface area contributed by atoms with Gasteiger partial charge in [0.15, 0.2) is 0 Å². The fourth-order valence-corrected chi connectivity index (χ4v) is 7.08. The third-order valence-corrected chi connectivity index (χ3v) is 9.69. The van der Waals surface area contributed by atoms with Gasteiger partial charge in [-0.15, -0.1) is 0 Å². The summed E-state index contributed by atoms with van der Waals surface area (Å²) in [4.78, 5) is 25.5. The van der Waals surface area contributed by atoms with Crippen molar-refractivity contribution in [3.63, 3.8) is 0 Å². The van der Waals surface area contributed by atoms with Crippen molar-refractivity contribution in [3.05, 3.63) is 108 Å². The number of rotatable bonds is 10. The molecule has 2 saturated heterocycles. The molecule has 9 heteroatoms. The molecule has 2 aliphatic rings. The molecule has 1 amide bonds. The van der Waals surface area contributed by atoms with Crippen LogP contribution in [0.5, 0.6) is 5.75 Å². The normalized spacial score (nSPS) is 18.3. The number of likely N-dealkylation sites (tertiary alicyclic amines) is 1. The topological polar surface area (TPSA) is 94.3 Å². The lowest BCUT2D eigenvalue weighted by molar-refractivity contribution is -0.129. The molecule has 4 heterocycles. The molecule has 5 aromatic rings. The lowest BCUT2D eigenvalue weighted by Gasteiger charge is -2.39. The van der Waals surface area contributed by atoms with Gasteiger partial charge in [-0.25, -0.2) is 0 Å². The molecule has 2 atom stereocenters. The largest absolute Gasteiger partial charge is 0.497 e. The van der Waals surface area contributed by atoms with Crippen LogP contribution in [0, 0.1) is 0 Å². The number of piperazine rings is 1. The van der Waals surface area contributed by atoms with E-state index in [1.807, 2.05) is 60.7 Å². The number of aromatic nitrogens is 1. The molecule has 47 heavy (non-hydrogen) atoms. The summed E-state index contributed by atoms with van der Waals surface area (Å²) < 4.78 is 11.7. The quantitative estimate of drug-likeness (QED) is 0.218. The van der Waals surface area contributed by atoms with Crippen LogP contribution in [0.1, 0.15) is 41.9 Å². The highest BCUT2D eigenvalue weighted by atomic mass is 16.5. The van der Waals surface area contributed by atoms with Gasteiger partial charge in [-0.2, -0.15) is 0 Å². The van der Waals surface area contributed by atoms with Crippen LogP contribution in [0.3, 0.4) is 0 Å². The molecule has 2 aromatic heterocycles. The number of carbonyl (C=O) groups is 1. The number of aliphatic hydroxyl groups excluding tert-OH is 1. The Labute approximate surface area is 275 Å². The first-order chi connectivity index (χ1) is 23.0. The van der Waals surface area contributed by atoms with Crippen LogP contribution in [0.15, 0.2) is 95.5 Å². The number of β-amino-alcohol motifs (C(OH)–C–C–N with tert-alkyl or cyclic N) is 1. The van der Waals surface area contributed by atoms with Crippen molar-refractivity contribution in [1.29, 1.82) is 0 Å². The molecular weight excluding hydrogens is 590 g/mol. The summed E-state index contributed by atoms with van der Waals surface area (Å²) >= 11 is 0. The van der Waals surface area contributed by atoms with Crippen molar-refractivity contribution in [1.82, 2.24) is 25.0 Å². The third-order valence-electron chi connectivity index (χ3n) is 9.69. The molecule has 0 radical (unpaired) electrons. The van der Waals surface area contributed by atoms with E-state index in [0.29, 0.717) is 12.3 Å². The van der Waals surface area contributed by atoms with Gasteiger partial charge in [0.25, 0.3) is 0 Å². The van der Waals surface area contributed by atoms with Gasteiger partial charge in [0, 0.05) is 75.4 Å². The molecule has 1 unspecified atom stereocenters. The van der Waals surface area contributed by atoms with Crippen molar-refractivity contribution in [2.24, 2.45) is 0 Å². The van der Waals surface area contributed by atoms with Crippen molar-refractivity contribution in [2.45, 2.75) is 37.6 Å². The number of carbonyl (C=O) groups excluding carboxylic acids is 1. The van der Waals surface area contributed by atoms with E-state index >= 15 is 0 Å². The summed E-state index contributed by atoms with van der Waals surface area (Å²) in [6.45, 7) is 6.37. The second kappa shape index (κ2) is 14.2. The molecule has 2 N–H and O–H groups in total. The fraction of sp³-hybridized carbons (Fsp3) is 0.368. The summed E-state index contributed by atoms with van der Waals surface area (Å²) in [5.74, 6) is 1.43. The van der Waals surface area contributed by atoms with E-state index in [2.05, 4.69) is 49.3 Å². The van der Waals surface area contributed by atoms with Crippen LogP contribution < -0.4 is 10.1 Å². The molecule has 2 aliphatic heterocycles. The van der Waals surface area contributed by atoms with Gasteiger partial charge in [0.1, 0.15) is 23.1 Å². The Bertz CT molecular complexity index is 1760. The average Bonchev–Trinajstić information content (AvgIpc) is 3.53. The number of piperidine rings is 1. The maximum Gasteiger partial charge on any atom is 0.245 e. The predicted molar refractivity (Wildman–Crippen MR) is 183 cm³/mol. The van der Waals surface area contributed by atoms with Gasteiger partial charge < -0.3 is 24.5 Å². The standard InChI is InChI=1S/C38H43N5O4/c1-46-30-11-12-33-32(24-30)31(13-16-39-33)34(44)26-41-17-14-29(15-18-41)40-38(45)37(36-23-28-9-5-6-10-35(28)47-36)43-21-19-42(20-22-43)25-27-7-3-2-4-8-27/h2-13,16,23-24,29,34,37,44H,14-15,17-22,25-26H2,1H3,(H,40,45)/t34-,37?/m0/s1. The van der Waals surface area contributed by atoms with Gasteiger partial charge in [-0.05, 0) is 60.4 Å². The zero-order valence-electron chi connectivity index (χ0n) is 26.9. The van der Waals surface area contributed by atoms with Crippen LogP contribution in [0.2, 0.25) is 0 Å². The number of pyridine rings is 1.